The first-order valence-corrected chi connectivity index (χ1v) is 10.2. The predicted molar refractivity (Wildman–Crippen MR) is 111 cm³/mol. The molecular formula is C19H25ClFN3O3S. The van der Waals surface area contributed by atoms with Gasteiger partial charge in [0.05, 0.1) is 16.1 Å². The summed E-state index contributed by atoms with van der Waals surface area (Å²) in [5, 5.41) is 5.93. The van der Waals surface area contributed by atoms with Crippen LogP contribution < -0.4 is 15.4 Å². The number of hydrogen-bond acceptors (Lipinski definition) is 4. The first-order valence-electron chi connectivity index (χ1n) is 8.72. The SMILES string of the molecule is CCCNCCNC(=O)c1ccccc1NS(=O)(=O)c1ccc(F)cc1C.Cl. The summed E-state index contributed by atoms with van der Waals surface area (Å²) in [5.41, 5.74) is 0.669. The number of nitrogens with one attached hydrogen (secondary N) is 3. The number of para-hydroxylation sites is 1. The largest absolute Gasteiger partial charge is 0.351 e. The Morgan fingerprint density at radius 1 is 1.07 bits per heavy atom. The van der Waals surface area contributed by atoms with E-state index in [2.05, 4.69) is 22.3 Å². The van der Waals surface area contributed by atoms with Crippen molar-refractivity contribution in [1.82, 2.24) is 10.6 Å². The highest BCUT2D eigenvalue weighted by molar-refractivity contribution is 7.92. The number of rotatable bonds is 9. The number of sulfonamides is 1. The molecular weight excluding hydrogens is 405 g/mol. The van der Waals surface area contributed by atoms with Gasteiger partial charge >= 0.3 is 0 Å². The van der Waals surface area contributed by atoms with Crippen LogP contribution in [0.5, 0.6) is 0 Å². The van der Waals surface area contributed by atoms with Crippen LogP contribution in [-0.4, -0.2) is 34.0 Å². The molecule has 2 aromatic rings. The summed E-state index contributed by atoms with van der Waals surface area (Å²) in [6.45, 7) is 5.48. The molecule has 9 heteroatoms. The molecule has 0 saturated heterocycles. The van der Waals surface area contributed by atoms with Crippen LogP contribution in [0.1, 0.15) is 29.3 Å². The second-order valence-corrected chi connectivity index (χ2v) is 7.72. The molecule has 0 aliphatic heterocycles. The van der Waals surface area contributed by atoms with Crippen molar-refractivity contribution in [2.45, 2.75) is 25.2 Å². The van der Waals surface area contributed by atoms with Gasteiger partial charge in [-0.05, 0) is 55.8 Å². The lowest BCUT2D eigenvalue weighted by molar-refractivity contribution is 0.0955. The second kappa shape index (κ2) is 11.0. The predicted octanol–water partition coefficient (Wildman–Crippen LogP) is 3.09. The molecule has 2 aromatic carbocycles. The van der Waals surface area contributed by atoms with E-state index in [0.29, 0.717) is 13.1 Å². The first-order chi connectivity index (χ1) is 12.8. The molecule has 0 heterocycles. The summed E-state index contributed by atoms with van der Waals surface area (Å²) in [6.07, 6.45) is 1.00. The van der Waals surface area contributed by atoms with Crippen molar-refractivity contribution in [3.8, 4) is 0 Å². The van der Waals surface area contributed by atoms with Crippen LogP contribution in [0.15, 0.2) is 47.4 Å². The summed E-state index contributed by atoms with van der Waals surface area (Å²) in [7, 11) is -3.96. The van der Waals surface area contributed by atoms with Gasteiger partial charge in [0, 0.05) is 13.1 Å². The van der Waals surface area contributed by atoms with E-state index in [-0.39, 0.29) is 40.0 Å². The van der Waals surface area contributed by atoms with E-state index in [1.807, 2.05) is 0 Å². The highest BCUT2D eigenvalue weighted by Crippen LogP contribution is 2.22. The zero-order valence-electron chi connectivity index (χ0n) is 15.8. The maximum absolute atomic E-state index is 13.3. The van der Waals surface area contributed by atoms with Gasteiger partial charge in [-0.3, -0.25) is 9.52 Å². The fourth-order valence-corrected chi connectivity index (χ4v) is 3.85. The number of carbonyl (C=O) groups excluding carboxylic acids is 1. The third-order valence-corrected chi connectivity index (χ3v) is 5.38. The highest BCUT2D eigenvalue weighted by atomic mass is 35.5. The first kappa shape index (κ1) is 23.9. The van der Waals surface area contributed by atoms with Crippen molar-refractivity contribution in [1.29, 1.82) is 0 Å². The highest BCUT2D eigenvalue weighted by Gasteiger charge is 2.20. The summed E-state index contributed by atoms with van der Waals surface area (Å²) in [5.74, 6) is -0.884. The van der Waals surface area contributed by atoms with Crippen LogP contribution >= 0.6 is 12.4 Å². The molecule has 0 unspecified atom stereocenters. The number of aryl methyl sites for hydroxylation is 1. The van der Waals surface area contributed by atoms with Crippen LogP contribution in [0.25, 0.3) is 0 Å². The van der Waals surface area contributed by atoms with Gasteiger partial charge in [0.1, 0.15) is 5.82 Å². The van der Waals surface area contributed by atoms with Gasteiger partial charge in [-0.1, -0.05) is 19.1 Å². The van der Waals surface area contributed by atoms with Gasteiger partial charge in [0.25, 0.3) is 15.9 Å². The molecule has 28 heavy (non-hydrogen) atoms. The van der Waals surface area contributed by atoms with E-state index in [0.717, 1.165) is 25.1 Å². The molecule has 0 atom stereocenters. The van der Waals surface area contributed by atoms with Gasteiger partial charge in [-0.25, -0.2) is 12.8 Å². The fraction of sp³-hybridized carbons (Fsp3) is 0.316. The van der Waals surface area contributed by atoms with Crippen molar-refractivity contribution >= 4 is 34.0 Å². The van der Waals surface area contributed by atoms with Crippen molar-refractivity contribution in [3.05, 3.63) is 59.4 Å². The Balaban J connectivity index is 0.00000392. The lowest BCUT2D eigenvalue weighted by Crippen LogP contribution is -2.32. The van der Waals surface area contributed by atoms with Crippen LogP contribution in [-0.2, 0) is 10.0 Å². The van der Waals surface area contributed by atoms with E-state index < -0.39 is 15.8 Å². The quantitative estimate of drug-likeness (QED) is 0.534. The minimum Gasteiger partial charge on any atom is -0.351 e. The monoisotopic (exact) mass is 429 g/mol. The molecule has 0 spiro atoms. The standard InChI is InChI=1S/C19H24FN3O3S.ClH/c1-3-10-21-11-12-22-19(24)16-6-4-5-7-17(16)23-27(25,26)18-9-8-15(20)13-14(18)2;/h4-9,13,21,23H,3,10-12H2,1-2H3,(H,22,24);1H. The average Bonchev–Trinajstić information content (AvgIpc) is 2.61. The lowest BCUT2D eigenvalue weighted by atomic mass is 10.1. The topological polar surface area (TPSA) is 87.3 Å². The number of anilines is 1. The Kier molecular flexibility index (Phi) is 9.37. The summed E-state index contributed by atoms with van der Waals surface area (Å²) in [6, 6.07) is 9.79. The molecule has 0 saturated carbocycles. The average molecular weight is 430 g/mol. The summed E-state index contributed by atoms with van der Waals surface area (Å²) in [4.78, 5) is 12.4. The minimum absolute atomic E-state index is 0. The van der Waals surface area contributed by atoms with Crippen molar-refractivity contribution in [3.63, 3.8) is 0 Å². The normalized spacial score (nSPS) is 10.8. The van der Waals surface area contributed by atoms with Gasteiger partial charge in [-0.15, -0.1) is 12.4 Å². The van der Waals surface area contributed by atoms with Crippen molar-refractivity contribution in [2.75, 3.05) is 24.4 Å². The molecule has 0 fully saturated rings. The van der Waals surface area contributed by atoms with Crippen molar-refractivity contribution in [2.24, 2.45) is 0 Å². The number of carbonyl (C=O) groups is 1. The number of halogens is 2. The Morgan fingerprint density at radius 2 is 1.79 bits per heavy atom. The molecule has 0 aromatic heterocycles. The van der Waals surface area contributed by atoms with Crippen molar-refractivity contribution < 1.29 is 17.6 Å². The Labute approximate surface area is 171 Å². The zero-order valence-corrected chi connectivity index (χ0v) is 17.4. The van der Waals surface area contributed by atoms with Gasteiger partial charge in [-0.2, -0.15) is 0 Å². The molecule has 2 rings (SSSR count). The van der Waals surface area contributed by atoms with Crippen LogP contribution in [0.3, 0.4) is 0 Å². The molecule has 3 N–H and O–H groups in total. The van der Waals surface area contributed by atoms with E-state index in [9.17, 15) is 17.6 Å². The molecule has 0 bridgehead atoms. The van der Waals surface area contributed by atoms with E-state index in [1.165, 1.54) is 19.1 Å². The number of amides is 1. The summed E-state index contributed by atoms with van der Waals surface area (Å²) < 4.78 is 41.0. The molecule has 154 valence electrons. The molecule has 0 radical (unpaired) electrons. The zero-order chi connectivity index (χ0) is 19.9. The smallest absolute Gasteiger partial charge is 0.262 e. The lowest BCUT2D eigenvalue weighted by Gasteiger charge is -2.14. The number of benzene rings is 2. The minimum atomic E-state index is -3.96. The van der Waals surface area contributed by atoms with Gasteiger partial charge in [0.2, 0.25) is 0 Å². The molecule has 0 aliphatic carbocycles. The van der Waals surface area contributed by atoms with Crippen LogP contribution in [0.2, 0.25) is 0 Å². The summed E-state index contributed by atoms with van der Waals surface area (Å²) >= 11 is 0. The second-order valence-electron chi connectivity index (χ2n) is 6.07. The van der Waals surface area contributed by atoms with Gasteiger partial charge in [0.15, 0.2) is 0 Å². The third kappa shape index (κ3) is 6.47. The Bertz CT molecular complexity index is 907. The van der Waals surface area contributed by atoms with Crippen LogP contribution in [0.4, 0.5) is 10.1 Å². The molecule has 6 nitrogen and oxygen atoms in total. The van der Waals surface area contributed by atoms with Crippen LogP contribution in [0, 0.1) is 12.7 Å². The maximum Gasteiger partial charge on any atom is 0.262 e. The molecule has 0 aliphatic rings. The molecule has 1 amide bonds. The Morgan fingerprint density at radius 3 is 2.46 bits per heavy atom. The maximum atomic E-state index is 13.3. The Hall–Kier alpha value is -2.16. The van der Waals surface area contributed by atoms with E-state index in [4.69, 9.17) is 0 Å². The van der Waals surface area contributed by atoms with E-state index >= 15 is 0 Å². The van der Waals surface area contributed by atoms with E-state index in [1.54, 1.807) is 18.2 Å². The fourth-order valence-electron chi connectivity index (χ4n) is 2.55. The van der Waals surface area contributed by atoms with Gasteiger partial charge < -0.3 is 10.6 Å². The number of hydrogen-bond donors (Lipinski definition) is 3. The third-order valence-electron chi connectivity index (χ3n) is 3.86.